The van der Waals surface area contributed by atoms with Gasteiger partial charge in [-0.15, -0.1) is 11.3 Å². The van der Waals surface area contributed by atoms with Crippen molar-refractivity contribution in [1.29, 1.82) is 0 Å². The molecule has 0 saturated carbocycles. The smallest absolute Gasteiger partial charge is 0.250 e. The lowest BCUT2D eigenvalue weighted by Crippen LogP contribution is -2.28. The molecule has 2 N–H and O–H groups in total. The molecule has 0 atom stereocenters. The summed E-state index contributed by atoms with van der Waals surface area (Å²) in [4.78, 5) is 8.57. The van der Waals surface area contributed by atoms with E-state index in [0.717, 1.165) is 4.88 Å². The molecular formula is C13H17FN4O2S2. The molecule has 2 aromatic heterocycles. The van der Waals surface area contributed by atoms with Gasteiger partial charge in [0.05, 0.1) is 5.69 Å². The number of aromatic nitrogens is 2. The lowest BCUT2D eigenvalue weighted by atomic mass is 10.3. The van der Waals surface area contributed by atoms with Crippen LogP contribution in [-0.2, 0) is 16.4 Å². The highest BCUT2D eigenvalue weighted by molar-refractivity contribution is 7.91. The summed E-state index contributed by atoms with van der Waals surface area (Å²) >= 11 is 1.20. The van der Waals surface area contributed by atoms with Gasteiger partial charge in [-0.2, -0.15) is 0 Å². The van der Waals surface area contributed by atoms with Gasteiger partial charge in [0.1, 0.15) is 10.5 Å². The van der Waals surface area contributed by atoms with Gasteiger partial charge in [-0.25, -0.2) is 27.5 Å². The summed E-state index contributed by atoms with van der Waals surface area (Å²) in [5.74, 6) is -0.417. The van der Waals surface area contributed by atoms with Crippen LogP contribution in [0.2, 0.25) is 0 Å². The second-order valence-corrected chi connectivity index (χ2v) is 7.81. The number of thiophene rings is 1. The van der Waals surface area contributed by atoms with Crippen molar-refractivity contribution in [2.45, 2.75) is 24.5 Å². The van der Waals surface area contributed by atoms with Crippen molar-refractivity contribution in [1.82, 2.24) is 14.7 Å². The number of aryl methyl sites for hydroxylation is 2. The number of nitrogens with zero attached hydrogens (tertiary/aromatic N) is 2. The normalized spacial score (nSPS) is 11.6. The molecule has 0 bridgehead atoms. The quantitative estimate of drug-likeness (QED) is 0.750. The average Bonchev–Trinajstić information content (AvgIpc) is 2.92. The molecule has 9 heteroatoms. The van der Waals surface area contributed by atoms with Gasteiger partial charge in [-0.1, -0.05) is 6.92 Å². The van der Waals surface area contributed by atoms with Gasteiger partial charge in [0.25, 0.3) is 0 Å². The van der Waals surface area contributed by atoms with Gasteiger partial charge in [-0.05, 0) is 25.5 Å². The van der Waals surface area contributed by atoms with E-state index in [0.29, 0.717) is 12.1 Å². The second-order valence-electron chi connectivity index (χ2n) is 4.53. The minimum absolute atomic E-state index is 0.0815. The summed E-state index contributed by atoms with van der Waals surface area (Å²) in [6, 6.07) is 3.31. The predicted molar refractivity (Wildman–Crippen MR) is 84.1 cm³/mol. The Bertz CT molecular complexity index is 746. The summed E-state index contributed by atoms with van der Waals surface area (Å²) in [5.41, 5.74) is 0.326. The molecule has 2 heterocycles. The van der Waals surface area contributed by atoms with Crippen LogP contribution in [0.5, 0.6) is 0 Å². The fourth-order valence-corrected chi connectivity index (χ4v) is 4.13. The molecule has 0 fully saturated rings. The number of rotatable bonds is 7. The fourth-order valence-electron chi connectivity index (χ4n) is 1.77. The van der Waals surface area contributed by atoms with E-state index in [2.05, 4.69) is 20.0 Å². The van der Waals surface area contributed by atoms with Gasteiger partial charge in [0.2, 0.25) is 10.0 Å². The zero-order valence-electron chi connectivity index (χ0n) is 12.3. The topological polar surface area (TPSA) is 84.0 Å². The van der Waals surface area contributed by atoms with E-state index in [4.69, 9.17) is 0 Å². The zero-order chi connectivity index (χ0) is 16.2. The van der Waals surface area contributed by atoms with Crippen LogP contribution in [0.15, 0.2) is 22.7 Å². The Morgan fingerprint density at radius 1 is 1.27 bits per heavy atom. The fraction of sp³-hybridized carbons (Fsp3) is 0.385. The largest absolute Gasteiger partial charge is 0.366 e. The summed E-state index contributed by atoms with van der Waals surface area (Å²) in [6.07, 6.45) is 1.75. The van der Waals surface area contributed by atoms with Crippen LogP contribution in [0.4, 0.5) is 10.2 Å². The van der Waals surface area contributed by atoms with Crippen LogP contribution in [0, 0.1) is 12.7 Å². The van der Waals surface area contributed by atoms with Gasteiger partial charge in [0.15, 0.2) is 11.6 Å². The first-order valence-electron chi connectivity index (χ1n) is 6.73. The molecule has 0 spiro atoms. The van der Waals surface area contributed by atoms with Gasteiger partial charge in [-0.3, -0.25) is 0 Å². The van der Waals surface area contributed by atoms with Crippen molar-refractivity contribution in [3.63, 3.8) is 0 Å². The van der Waals surface area contributed by atoms with Crippen LogP contribution in [0.1, 0.15) is 17.5 Å². The molecule has 22 heavy (non-hydrogen) atoms. The summed E-state index contributed by atoms with van der Waals surface area (Å²) < 4.78 is 40.6. The molecular weight excluding hydrogens is 327 g/mol. The van der Waals surface area contributed by atoms with E-state index >= 15 is 0 Å². The lowest BCUT2D eigenvalue weighted by Gasteiger charge is -2.09. The molecule has 2 rings (SSSR count). The van der Waals surface area contributed by atoms with Crippen LogP contribution < -0.4 is 10.0 Å². The van der Waals surface area contributed by atoms with E-state index in [-0.39, 0.29) is 23.1 Å². The molecule has 0 aliphatic heterocycles. The van der Waals surface area contributed by atoms with E-state index in [1.807, 2.05) is 6.92 Å². The molecule has 0 amide bonds. The van der Waals surface area contributed by atoms with Crippen LogP contribution in [-0.4, -0.2) is 31.5 Å². The Morgan fingerprint density at radius 3 is 2.68 bits per heavy atom. The maximum atomic E-state index is 13.9. The van der Waals surface area contributed by atoms with Crippen molar-refractivity contribution in [3.8, 4) is 0 Å². The standard InChI is InChI=1S/C13H17FN4O2S2/c1-3-10-12(14)13(17-8-16-10)15-6-7-18-22(19,20)11-5-4-9(2)21-11/h4-5,8,18H,3,6-7H2,1-2H3,(H,15,16,17). The Morgan fingerprint density at radius 2 is 2.05 bits per heavy atom. The third-order valence-electron chi connectivity index (χ3n) is 2.89. The highest BCUT2D eigenvalue weighted by Gasteiger charge is 2.15. The average molecular weight is 344 g/mol. The predicted octanol–water partition coefficient (Wildman–Crippen LogP) is 1.94. The summed E-state index contributed by atoms with van der Waals surface area (Å²) in [5, 5.41) is 2.77. The zero-order valence-corrected chi connectivity index (χ0v) is 13.9. The molecule has 0 radical (unpaired) electrons. The van der Waals surface area contributed by atoms with E-state index in [1.165, 1.54) is 17.7 Å². The molecule has 0 aliphatic carbocycles. The van der Waals surface area contributed by atoms with Gasteiger partial charge in [0, 0.05) is 18.0 Å². The Kier molecular flexibility index (Phi) is 5.43. The van der Waals surface area contributed by atoms with Crippen molar-refractivity contribution in [2.75, 3.05) is 18.4 Å². The van der Waals surface area contributed by atoms with E-state index < -0.39 is 15.8 Å². The number of hydrogen-bond donors (Lipinski definition) is 2. The maximum absolute atomic E-state index is 13.9. The highest BCUT2D eigenvalue weighted by atomic mass is 32.2. The SMILES string of the molecule is CCc1ncnc(NCCNS(=O)(=O)c2ccc(C)s2)c1F. The number of halogens is 1. The van der Waals surface area contributed by atoms with Crippen molar-refractivity contribution in [2.24, 2.45) is 0 Å². The summed E-state index contributed by atoms with van der Waals surface area (Å²) in [6.45, 7) is 3.99. The first-order valence-corrected chi connectivity index (χ1v) is 9.03. The van der Waals surface area contributed by atoms with Gasteiger partial charge < -0.3 is 5.32 Å². The van der Waals surface area contributed by atoms with Crippen molar-refractivity contribution >= 4 is 27.2 Å². The highest BCUT2D eigenvalue weighted by Crippen LogP contribution is 2.20. The number of sulfonamides is 1. The van der Waals surface area contributed by atoms with Crippen LogP contribution >= 0.6 is 11.3 Å². The monoisotopic (exact) mass is 344 g/mol. The number of hydrogen-bond acceptors (Lipinski definition) is 6. The van der Waals surface area contributed by atoms with Gasteiger partial charge >= 0.3 is 0 Å². The minimum atomic E-state index is -3.51. The van der Waals surface area contributed by atoms with Crippen molar-refractivity contribution < 1.29 is 12.8 Å². The first-order chi connectivity index (χ1) is 10.4. The minimum Gasteiger partial charge on any atom is -0.366 e. The van der Waals surface area contributed by atoms with Crippen LogP contribution in [0.25, 0.3) is 0 Å². The lowest BCUT2D eigenvalue weighted by molar-refractivity contribution is 0.584. The Hall–Kier alpha value is -1.58. The molecule has 0 saturated heterocycles. The molecule has 6 nitrogen and oxygen atoms in total. The third kappa shape index (κ3) is 3.99. The molecule has 0 aliphatic rings. The Balaban J connectivity index is 1.90. The first kappa shape index (κ1) is 16.8. The Labute approximate surface area is 132 Å². The number of nitrogens with one attached hydrogen (secondary N) is 2. The maximum Gasteiger partial charge on any atom is 0.250 e. The summed E-state index contributed by atoms with van der Waals surface area (Å²) in [7, 11) is -3.51. The molecule has 0 unspecified atom stereocenters. The van der Waals surface area contributed by atoms with Crippen LogP contribution in [0.3, 0.4) is 0 Å². The number of anilines is 1. The molecule has 2 aromatic rings. The third-order valence-corrected chi connectivity index (χ3v) is 5.84. The van der Waals surface area contributed by atoms with Crippen molar-refractivity contribution in [3.05, 3.63) is 34.8 Å². The molecule has 0 aromatic carbocycles. The second kappa shape index (κ2) is 7.12. The molecule has 120 valence electrons. The van der Waals surface area contributed by atoms with E-state index in [1.54, 1.807) is 19.1 Å². The van der Waals surface area contributed by atoms with E-state index in [9.17, 15) is 12.8 Å².